The van der Waals surface area contributed by atoms with Gasteiger partial charge in [-0.3, -0.25) is 4.79 Å². The molecule has 0 saturated carbocycles. The van der Waals surface area contributed by atoms with E-state index in [4.69, 9.17) is 9.47 Å². The molecule has 0 rings (SSSR count). The number of carbonyl (C=O) groups excluding carboxylic acids is 1. The molecule has 72 valence electrons. The highest BCUT2D eigenvalue weighted by molar-refractivity contribution is 5.69. The lowest BCUT2D eigenvalue weighted by Crippen LogP contribution is -2.32. The van der Waals surface area contributed by atoms with Crippen LogP contribution in [0, 0.1) is 0 Å². The predicted molar refractivity (Wildman–Crippen MR) is 47.0 cm³/mol. The van der Waals surface area contributed by atoms with Gasteiger partial charge < -0.3 is 9.47 Å². The molecule has 0 N–H and O–H groups in total. The smallest absolute Gasteiger partial charge is 0.306 e. The molecule has 0 aliphatic heterocycles. The van der Waals surface area contributed by atoms with E-state index in [0.29, 0.717) is 13.0 Å². The fourth-order valence-corrected chi connectivity index (χ4v) is 0.940. The molecule has 0 aromatic carbocycles. The first kappa shape index (κ1) is 11.4. The zero-order valence-corrected chi connectivity index (χ0v) is 8.35. The highest BCUT2D eigenvalue weighted by Gasteiger charge is 2.21. The van der Waals surface area contributed by atoms with E-state index in [1.807, 2.05) is 20.8 Å². The summed E-state index contributed by atoms with van der Waals surface area (Å²) >= 11 is 0. The van der Waals surface area contributed by atoms with E-state index in [1.165, 1.54) is 0 Å². The Morgan fingerprint density at radius 2 is 2.00 bits per heavy atom. The molecule has 0 saturated heterocycles. The minimum absolute atomic E-state index is 0.153. The van der Waals surface area contributed by atoms with E-state index in [2.05, 4.69) is 0 Å². The number of esters is 1. The summed E-state index contributed by atoms with van der Waals surface area (Å²) in [6.07, 6.45) is 1.30. The van der Waals surface area contributed by atoms with Gasteiger partial charge in [0.2, 0.25) is 0 Å². The number of carbonyl (C=O) groups is 1. The van der Waals surface area contributed by atoms with Gasteiger partial charge in [0.1, 0.15) is 5.60 Å². The van der Waals surface area contributed by atoms with E-state index >= 15 is 0 Å². The average Bonchev–Trinajstić information content (AvgIpc) is 1.85. The van der Waals surface area contributed by atoms with E-state index in [0.717, 1.165) is 6.42 Å². The molecule has 0 heterocycles. The Morgan fingerprint density at radius 1 is 1.42 bits per heavy atom. The van der Waals surface area contributed by atoms with Crippen molar-refractivity contribution in [3.63, 3.8) is 0 Å². The number of hydrogen-bond donors (Lipinski definition) is 0. The SMILES string of the molecule is CCCC(=O)OC(C)(C)COC. The van der Waals surface area contributed by atoms with Gasteiger partial charge in [-0.25, -0.2) is 0 Å². The summed E-state index contributed by atoms with van der Waals surface area (Å²) in [6, 6.07) is 0. The third-order valence-corrected chi connectivity index (χ3v) is 1.34. The second kappa shape index (κ2) is 5.14. The van der Waals surface area contributed by atoms with E-state index in [9.17, 15) is 4.79 Å². The summed E-state index contributed by atoms with van der Waals surface area (Å²) in [5.41, 5.74) is -0.499. The van der Waals surface area contributed by atoms with Crippen LogP contribution >= 0.6 is 0 Å². The van der Waals surface area contributed by atoms with Gasteiger partial charge in [-0.2, -0.15) is 0 Å². The quantitative estimate of drug-likeness (QED) is 0.596. The molecule has 3 nitrogen and oxygen atoms in total. The summed E-state index contributed by atoms with van der Waals surface area (Å²) in [5, 5.41) is 0. The van der Waals surface area contributed by atoms with Crippen molar-refractivity contribution in [3.8, 4) is 0 Å². The maximum Gasteiger partial charge on any atom is 0.306 e. The molecule has 12 heavy (non-hydrogen) atoms. The van der Waals surface area contributed by atoms with Gasteiger partial charge in [0.05, 0.1) is 6.61 Å². The van der Waals surface area contributed by atoms with Crippen LogP contribution < -0.4 is 0 Å². The van der Waals surface area contributed by atoms with Crippen LogP contribution in [0.2, 0.25) is 0 Å². The molecule has 0 spiro atoms. The molecule has 0 aliphatic rings. The van der Waals surface area contributed by atoms with Gasteiger partial charge in [-0.15, -0.1) is 0 Å². The first-order valence-electron chi connectivity index (χ1n) is 4.22. The second-order valence-electron chi connectivity index (χ2n) is 3.42. The Bertz CT molecular complexity index is 141. The number of methoxy groups -OCH3 is 1. The van der Waals surface area contributed by atoms with E-state index in [-0.39, 0.29) is 5.97 Å². The van der Waals surface area contributed by atoms with Crippen molar-refractivity contribution in [2.45, 2.75) is 39.2 Å². The van der Waals surface area contributed by atoms with Gasteiger partial charge >= 0.3 is 5.97 Å². The van der Waals surface area contributed by atoms with Crippen LogP contribution in [0.1, 0.15) is 33.6 Å². The van der Waals surface area contributed by atoms with Crippen LogP contribution in [0.15, 0.2) is 0 Å². The molecule has 0 bridgehead atoms. The van der Waals surface area contributed by atoms with Crippen molar-refractivity contribution in [1.29, 1.82) is 0 Å². The number of ether oxygens (including phenoxy) is 2. The first-order chi connectivity index (χ1) is 5.52. The van der Waals surface area contributed by atoms with Crippen molar-refractivity contribution in [1.82, 2.24) is 0 Å². The van der Waals surface area contributed by atoms with Gasteiger partial charge in [-0.1, -0.05) is 6.92 Å². The van der Waals surface area contributed by atoms with Crippen LogP contribution in [0.25, 0.3) is 0 Å². The van der Waals surface area contributed by atoms with Crippen molar-refractivity contribution in [2.75, 3.05) is 13.7 Å². The Morgan fingerprint density at radius 3 is 2.42 bits per heavy atom. The van der Waals surface area contributed by atoms with E-state index in [1.54, 1.807) is 7.11 Å². The Balaban J connectivity index is 3.79. The van der Waals surface area contributed by atoms with Gasteiger partial charge in [0.25, 0.3) is 0 Å². The van der Waals surface area contributed by atoms with Crippen LogP contribution in [-0.2, 0) is 14.3 Å². The number of rotatable bonds is 5. The molecule has 0 amide bonds. The summed E-state index contributed by atoms with van der Waals surface area (Å²) in [7, 11) is 1.59. The van der Waals surface area contributed by atoms with Crippen LogP contribution in [0.3, 0.4) is 0 Å². The second-order valence-corrected chi connectivity index (χ2v) is 3.42. The highest BCUT2D eigenvalue weighted by atomic mass is 16.6. The van der Waals surface area contributed by atoms with Crippen molar-refractivity contribution >= 4 is 5.97 Å². The van der Waals surface area contributed by atoms with Crippen LogP contribution in [0.4, 0.5) is 0 Å². The summed E-state index contributed by atoms with van der Waals surface area (Å²) in [4.78, 5) is 11.1. The molecular formula is C9H18O3. The minimum atomic E-state index is -0.499. The summed E-state index contributed by atoms with van der Waals surface area (Å²) in [6.45, 7) is 6.06. The van der Waals surface area contributed by atoms with Crippen molar-refractivity contribution in [2.24, 2.45) is 0 Å². The standard InChI is InChI=1S/C9H18O3/c1-5-6-8(10)12-9(2,3)7-11-4/h5-7H2,1-4H3. The molecule has 0 atom stereocenters. The highest BCUT2D eigenvalue weighted by Crippen LogP contribution is 2.10. The molecular weight excluding hydrogens is 156 g/mol. The Labute approximate surface area is 74.0 Å². The lowest BCUT2D eigenvalue weighted by Gasteiger charge is -2.23. The average molecular weight is 174 g/mol. The maximum absolute atomic E-state index is 11.1. The molecule has 0 aromatic heterocycles. The van der Waals surface area contributed by atoms with Crippen molar-refractivity contribution < 1.29 is 14.3 Å². The molecule has 0 unspecified atom stereocenters. The number of hydrogen-bond acceptors (Lipinski definition) is 3. The maximum atomic E-state index is 11.1. The van der Waals surface area contributed by atoms with E-state index < -0.39 is 5.60 Å². The Kier molecular flexibility index (Phi) is 4.90. The third-order valence-electron chi connectivity index (χ3n) is 1.34. The minimum Gasteiger partial charge on any atom is -0.457 e. The first-order valence-corrected chi connectivity index (χ1v) is 4.22. The molecule has 3 heteroatoms. The van der Waals surface area contributed by atoms with Gasteiger partial charge in [0.15, 0.2) is 0 Å². The molecule has 0 radical (unpaired) electrons. The fourth-order valence-electron chi connectivity index (χ4n) is 0.940. The normalized spacial score (nSPS) is 11.3. The summed E-state index contributed by atoms with van der Waals surface area (Å²) in [5.74, 6) is -0.153. The van der Waals surface area contributed by atoms with Crippen molar-refractivity contribution in [3.05, 3.63) is 0 Å². The third kappa shape index (κ3) is 5.13. The molecule has 0 aromatic rings. The lowest BCUT2D eigenvalue weighted by atomic mass is 10.1. The Hall–Kier alpha value is -0.570. The van der Waals surface area contributed by atoms with Gasteiger partial charge in [0, 0.05) is 13.5 Å². The zero-order valence-electron chi connectivity index (χ0n) is 8.35. The monoisotopic (exact) mass is 174 g/mol. The largest absolute Gasteiger partial charge is 0.457 e. The van der Waals surface area contributed by atoms with Crippen LogP contribution in [0.5, 0.6) is 0 Å². The fraction of sp³-hybridized carbons (Fsp3) is 0.889. The van der Waals surface area contributed by atoms with Crippen LogP contribution in [-0.4, -0.2) is 25.3 Å². The molecule has 0 fully saturated rings. The topological polar surface area (TPSA) is 35.5 Å². The molecule has 0 aliphatic carbocycles. The lowest BCUT2D eigenvalue weighted by molar-refractivity contribution is -0.161. The zero-order chi connectivity index (χ0) is 9.61. The summed E-state index contributed by atoms with van der Waals surface area (Å²) < 4.78 is 10.1. The predicted octanol–water partition coefficient (Wildman–Crippen LogP) is 1.75. The van der Waals surface area contributed by atoms with Gasteiger partial charge in [-0.05, 0) is 20.3 Å².